The number of aliphatic hydroxyl groups excluding tert-OH is 1. The van der Waals surface area contributed by atoms with E-state index in [9.17, 15) is 4.39 Å². The highest BCUT2D eigenvalue weighted by Crippen LogP contribution is 2.19. The van der Waals surface area contributed by atoms with Gasteiger partial charge < -0.3 is 10.8 Å². The molecule has 3 N–H and O–H groups in total. The average Bonchev–Trinajstić information content (AvgIpc) is 2.36. The molecular weight excluding hydrogens is 231 g/mol. The molecule has 0 saturated carbocycles. The van der Waals surface area contributed by atoms with E-state index in [2.05, 4.69) is 4.90 Å². The third kappa shape index (κ3) is 4.72. The molecule has 1 rings (SSSR count). The lowest BCUT2D eigenvalue weighted by molar-refractivity contribution is 0.235. The summed E-state index contributed by atoms with van der Waals surface area (Å²) in [6.07, 6.45) is 2.85. The van der Waals surface area contributed by atoms with Crippen molar-refractivity contribution < 1.29 is 9.50 Å². The minimum atomic E-state index is -0.223. The molecule has 1 aromatic carbocycles. The smallest absolute Gasteiger partial charge is 0.123 e. The first-order valence-corrected chi connectivity index (χ1v) is 6.45. The fourth-order valence-electron chi connectivity index (χ4n) is 2.09. The van der Waals surface area contributed by atoms with E-state index in [1.807, 2.05) is 13.1 Å². The summed E-state index contributed by atoms with van der Waals surface area (Å²) in [5.41, 5.74) is 6.70. The fourth-order valence-corrected chi connectivity index (χ4v) is 2.09. The van der Waals surface area contributed by atoms with E-state index < -0.39 is 0 Å². The molecule has 0 radical (unpaired) electrons. The number of hydrogen-bond donors (Lipinski definition) is 2. The van der Waals surface area contributed by atoms with Gasteiger partial charge in [-0.15, -0.1) is 0 Å². The number of likely N-dealkylation sites (N-methyl/N-ethyl adjacent to an activating group) is 1. The number of rotatable bonds is 8. The van der Waals surface area contributed by atoms with Gasteiger partial charge in [-0.2, -0.15) is 0 Å². The lowest BCUT2D eigenvalue weighted by atomic mass is 10.1. The van der Waals surface area contributed by atoms with Crippen molar-refractivity contribution in [3.05, 3.63) is 35.6 Å². The van der Waals surface area contributed by atoms with Crippen LogP contribution < -0.4 is 5.73 Å². The number of nitrogens with zero attached hydrogens (tertiary/aromatic N) is 1. The molecule has 0 aromatic heterocycles. The quantitative estimate of drug-likeness (QED) is 0.697. The summed E-state index contributed by atoms with van der Waals surface area (Å²) in [5.74, 6) is -0.223. The lowest BCUT2D eigenvalue weighted by Gasteiger charge is -2.27. The Morgan fingerprint density at radius 3 is 2.72 bits per heavy atom. The minimum absolute atomic E-state index is 0.0508. The van der Waals surface area contributed by atoms with Gasteiger partial charge in [0.05, 0.1) is 0 Å². The largest absolute Gasteiger partial charge is 0.396 e. The molecule has 0 saturated heterocycles. The van der Waals surface area contributed by atoms with Crippen LogP contribution >= 0.6 is 0 Å². The first-order valence-electron chi connectivity index (χ1n) is 6.45. The van der Waals surface area contributed by atoms with Gasteiger partial charge in [0.25, 0.3) is 0 Å². The molecule has 0 heterocycles. The molecule has 0 aliphatic carbocycles. The Morgan fingerprint density at radius 1 is 1.33 bits per heavy atom. The maximum Gasteiger partial charge on any atom is 0.123 e. The Balaban J connectivity index is 2.54. The molecular formula is C14H23FN2O. The molecule has 0 fully saturated rings. The van der Waals surface area contributed by atoms with Crippen LogP contribution in [-0.4, -0.2) is 36.8 Å². The van der Waals surface area contributed by atoms with Crippen molar-refractivity contribution in [2.45, 2.75) is 25.3 Å². The zero-order valence-corrected chi connectivity index (χ0v) is 11.0. The van der Waals surface area contributed by atoms with Gasteiger partial charge in [0.15, 0.2) is 0 Å². The molecule has 0 bridgehead atoms. The summed E-state index contributed by atoms with van der Waals surface area (Å²) >= 11 is 0. The monoisotopic (exact) mass is 254 g/mol. The van der Waals surface area contributed by atoms with Crippen LogP contribution in [0.3, 0.4) is 0 Å². The fraction of sp³-hybridized carbons (Fsp3) is 0.571. The summed E-state index contributed by atoms with van der Waals surface area (Å²) < 4.78 is 13.2. The Hall–Kier alpha value is -0.970. The van der Waals surface area contributed by atoms with E-state index in [1.54, 1.807) is 12.1 Å². The summed E-state index contributed by atoms with van der Waals surface area (Å²) in [7, 11) is 2.00. The summed E-state index contributed by atoms with van der Waals surface area (Å²) in [4.78, 5) is 2.14. The normalized spacial score (nSPS) is 12.9. The highest BCUT2D eigenvalue weighted by molar-refractivity contribution is 5.20. The molecule has 18 heavy (non-hydrogen) atoms. The van der Waals surface area contributed by atoms with Crippen LogP contribution in [0.25, 0.3) is 0 Å². The second-order valence-electron chi connectivity index (χ2n) is 4.57. The minimum Gasteiger partial charge on any atom is -0.396 e. The third-order valence-corrected chi connectivity index (χ3v) is 3.16. The molecule has 1 aromatic rings. The Labute approximate surface area is 108 Å². The zero-order valence-electron chi connectivity index (χ0n) is 11.0. The van der Waals surface area contributed by atoms with Crippen LogP contribution in [0, 0.1) is 5.82 Å². The molecule has 0 aliphatic rings. The van der Waals surface area contributed by atoms with Gasteiger partial charge in [0.2, 0.25) is 0 Å². The van der Waals surface area contributed by atoms with Crippen LogP contribution in [0.1, 0.15) is 30.9 Å². The second kappa shape index (κ2) is 8.19. The highest BCUT2D eigenvalue weighted by atomic mass is 19.1. The van der Waals surface area contributed by atoms with Gasteiger partial charge in [-0.1, -0.05) is 12.1 Å². The first-order chi connectivity index (χ1) is 8.69. The number of halogens is 1. The SMILES string of the molecule is CN(CCCCCO)C(CN)c1cccc(F)c1. The van der Waals surface area contributed by atoms with Gasteiger partial charge in [0, 0.05) is 19.2 Å². The molecule has 1 atom stereocenters. The molecule has 3 nitrogen and oxygen atoms in total. The highest BCUT2D eigenvalue weighted by Gasteiger charge is 2.15. The molecule has 0 amide bonds. The first kappa shape index (κ1) is 15.1. The van der Waals surface area contributed by atoms with Gasteiger partial charge in [-0.3, -0.25) is 4.90 Å². The Kier molecular flexibility index (Phi) is 6.86. The second-order valence-corrected chi connectivity index (χ2v) is 4.57. The number of aliphatic hydroxyl groups is 1. The topological polar surface area (TPSA) is 49.5 Å². The van der Waals surface area contributed by atoms with Crippen molar-refractivity contribution >= 4 is 0 Å². The van der Waals surface area contributed by atoms with E-state index >= 15 is 0 Å². The van der Waals surface area contributed by atoms with E-state index in [0.717, 1.165) is 31.4 Å². The summed E-state index contributed by atoms with van der Waals surface area (Å²) in [5, 5.41) is 8.72. The van der Waals surface area contributed by atoms with Crippen LogP contribution in [0.15, 0.2) is 24.3 Å². The van der Waals surface area contributed by atoms with Gasteiger partial charge in [0.1, 0.15) is 5.82 Å². The predicted molar refractivity (Wildman–Crippen MR) is 71.8 cm³/mol. The van der Waals surface area contributed by atoms with Crippen molar-refractivity contribution in [1.29, 1.82) is 0 Å². The van der Waals surface area contributed by atoms with E-state index in [4.69, 9.17) is 10.8 Å². The van der Waals surface area contributed by atoms with Crippen LogP contribution in [0.4, 0.5) is 4.39 Å². The number of nitrogens with two attached hydrogens (primary N) is 1. The van der Waals surface area contributed by atoms with E-state index in [-0.39, 0.29) is 18.5 Å². The van der Waals surface area contributed by atoms with E-state index in [0.29, 0.717) is 6.54 Å². The average molecular weight is 254 g/mol. The predicted octanol–water partition coefficient (Wildman–Crippen LogP) is 1.92. The van der Waals surface area contributed by atoms with Gasteiger partial charge in [-0.25, -0.2) is 4.39 Å². The van der Waals surface area contributed by atoms with Gasteiger partial charge >= 0.3 is 0 Å². The van der Waals surface area contributed by atoms with Crippen LogP contribution in [0.5, 0.6) is 0 Å². The molecule has 4 heteroatoms. The maximum atomic E-state index is 13.2. The lowest BCUT2D eigenvalue weighted by Crippen LogP contribution is -2.31. The number of benzene rings is 1. The Bertz CT molecular complexity index is 346. The van der Waals surface area contributed by atoms with Crippen LogP contribution in [-0.2, 0) is 0 Å². The van der Waals surface area contributed by atoms with E-state index in [1.165, 1.54) is 6.07 Å². The van der Waals surface area contributed by atoms with Crippen molar-refractivity contribution in [2.75, 3.05) is 26.7 Å². The standard InChI is InChI=1S/C14H23FN2O/c1-17(8-3-2-4-9-18)14(11-16)12-6-5-7-13(15)10-12/h5-7,10,14,18H,2-4,8-9,11,16H2,1H3. The van der Waals surface area contributed by atoms with Gasteiger partial charge in [-0.05, 0) is 50.6 Å². The van der Waals surface area contributed by atoms with Crippen molar-refractivity contribution in [3.63, 3.8) is 0 Å². The zero-order chi connectivity index (χ0) is 13.4. The molecule has 0 aliphatic heterocycles. The number of unbranched alkanes of at least 4 members (excludes halogenated alkanes) is 2. The number of hydrogen-bond acceptors (Lipinski definition) is 3. The van der Waals surface area contributed by atoms with Crippen molar-refractivity contribution in [1.82, 2.24) is 4.90 Å². The molecule has 102 valence electrons. The van der Waals surface area contributed by atoms with Crippen LogP contribution in [0.2, 0.25) is 0 Å². The maximum absolute atomic E-state index is 13.2. The molecule has 1 unspecified atom stereocenters. The molecule has 0 spiro atoms. The summed E-state index contributed by atoms with van der Waals surface area (Å²) in [6, 6.07) is 6.66. The van der Waals surface area contributed by atoms with Crippen molar-refractivity contribution in [2.24, 2.45) is 5.73 Å². The third-order valence-electron chi connectivity index (χ3n) is 3.16. The Morgan fingerprint density at radius 2 is 2.11 bits per heavy atom. The summed E-state index contributed by atoms with van der Waals surface area (Å²) in [6.45, 7) is 1.62. The van der Waals surface area contributed by atoms with Crippen molar-refractivity contribution in [3.8, 4) is 0 Å².